The Morgan fingerprint density at radius 2 is 1.56 bits per heavy atom. The van der Waals surface area contributed by atoms with E-state index < -0.39 is 0 Å². The summed E-state index contributed by atoms with van der Waals surface area (Å²) in [6.45, 7) is 3.17. The van der Waals surface area contributed by atoms with Gasteiger partial charge >= 0.3 is 0 Å². The molecule has 0 saturated carbocycles. The van der Waals surface area contributed by atoms with Crippen LogP contribution in [-0.2, 0) is 17.8 Å². The minimum atomic E-state index is 0.0462. The number of carbonyl (C=O) groups excluding carboxylic acids is 1. The van der Waals surface area contributed by atoms with E-state index in [4.69, 9.17) is 14.2 Å². The molecule has 0 heterocycles. The highest BCUT2D eigenvalue weighted by molar-refractivity contribution is 5.79. The normalized spacial score (nSPS) is 10.2. The first kappa shape index (κ1) is 18.6. The van der Waals surface area contributed by atoms with E-state index in [1.165, 1.54) is 0 Å². The number of likely N-dealkylation sites (N-methyl/N-ethyl adjacent to an activating group) is 1. The monoisotopic (exact) mass is 343 g/mol. The van der Waals surface area contributed by atoms with Crippen LogP contribution in [0.5, 0.6) is 17.2 Å². The first-order valence-electron chi connectivity index (χ1n) is 8.22. The van der Waals surface area contributed by atoms with E-state index in [1.807, 2.05) is 54.3 Å². The molecular weight excluding hydrogens is 318 g/mol. The first-order valence-corrected chi connectivity index (χ1v) is 8.22. The van der Waals surface area contributed by atoms with Crippen molar-refractivity contribution >= 4 is 5.91 Å². The standard InChI is InChI=1S/C20H25NO4/c1-5-21(14-15-6-8-17(23-2)9-7-15)20(22)13-16-12-18(24-3)10-11-19(16)25-4/h6-12H,5,13-14H2,1-4H3. The number of carbonyl (C=O) groups is 1. The molecule has 0 bridgehead atoms. The first-order chi connectivity index (χ1) is 12.1. The van der Waals surface area contributed by atoms with Gasteiger partial charge in [0.2, 0.25) is 5.91 Å². The van der Waals surface area contributed by atoms with Crippen LogP contribution in [0.15, 0.2) is 42.5 Å². The maximum absolute atomic E-state index is 12.7. The minimum Gasteiger partial charge on any atom is -0.497 e. The SMILES string of the molecule is CCN(Cc1ccc(OC)cc1)C(=O)Cc1cc(OC)ccc1OC. The summed E-state index contributed by atoms with van der Waals surface area (Å²) in [4.78, 5) is 14.6. The fourth-order valence-corrected chi connectivity index (χ4v) is 2.62. The quantitative estimate of drug-likeness (QED) is 0.738. The Labute approximate surface area is 149 Å². The van der Waals surface area contributed by atoms with Crippen LogP contribution in [0.2, 0.25) is 0 Å². The van der Waals surface area contributed by atoms with Gasteiger partial charge in [-0.05, 0) is 42.8 Å². The van der Waals surface area contributed by atoms with Gasteiger partial charge in [-0.2, -0.15) is 0 Å². The van der Waals surface area contributed by atoms with Gasteiger partial charge in [-0.15, -0.1) is 0 Å². The van der Waals surface area contributed by atoms with Gasteiger partial charge < -0.3 is 19.1 Å². The molecule has 0 atom stereocenters. The van der Waals surface area contributed by atoms with Crippen LogP contribution >= 0.6 is 0 Å². The fourth-order valence-electron chi connectivity index (χ4n) is 2.62. The minimum absolute atomic E-state index is 0.0462. The third-order valence-corrected chi connectivity index (χ3v) is 4.10. The van der Waals surface area contributed by atoms with Crippen LogP contribution in [0, 0.1) is 0 Å². The Morgan fingerprint density at radius 3 is 2.12 bits per heavy atom. The van der Waals surface area contributed by atoms with Gasteiger partial charge in [0.25, 0.3) is 0 Å². The summed E-state index contributed by atoms with van der Waals surface area (Å²) in [5, 5.41) is 0. The Hall–Kier alpha value is -2.69. The molecule has 0 aromatic heterocycles. The zero-order chi connectivity index (χ0) is 18.2. The van der Waals surface area contributed by atoms with Crippen molar-refractivity contribution in [1.82, 2.24) is 4.90 Å². The van der Waals surface area contributed by atoms with Gasteiger partial charge in [0.1, 0.15) is 17.2 Å². The number of methoxy groups -OCH3 is 3. The molecule has 25 heavy (non-hydrogen) atoms. The zero-order valence-corrected chi connectivity index (χ0v) is 15.2. The predicted octanol–water partition coefficient (Wildman–Crippen LogP) is 3.30. The molecule has 0 N–H and O–H groups in total. The lowest BCUT2D eigenvalue weighted by molar-refractivity contribution is -0.130. The van der Waals surface area contributed by atoms with E-state index in [-0.39, 0.29) is 12.3 Å². The van der Waals surface area contributed by atoms with Crippen molar-refractivity contribution in [2.75, 3.05) is 27.9 Å². The fraction of sp³-hybridized carbons (Fsp3) is 0.350. The zero-order valence-electron chi connectivity index (χ0n) is 15.2. The molecule has 1 amide bonds. The predicted molar refractivity (Wildman–Crippen MR) is 97.3 cm³/mol. The Balaban J connectivity index is 2.11. The van der Waals surface area contributed by atoms with Crippen molar-refractivity contribution in [3.05, 3.63) is 53.6 Å². The van der Waals surface area contributed by atoms with Gasteiger partial charge in [-0.1, -0.05) is 12.1 Å². The van der Waals surface area contributed by atoms with E-state index in [0.29, 0.717) is 24.6 Å². The third-order valence-electron chi connectivity index (χ3n) is 4.10. The summed E-state index contributed by atoms with van der Waals surface area (Å²) >= 11 is 0. The second-order valence-corrected chi connectivity index (χ2v) is 5.61. The van der Waals surface area contributed by atoms with Crippen LogP contribution < -0.4 is 14.2 Å². The number of rotatable bonds is 8. The number of benzene rings is 2. The van der Waals surface area contributed by atoms with Gasteiger partial charge in [-0.25, -0.2) is 0 Å². The highest BCUT2D eigenvalue weighted by Gasteiger charge is 2.16. The average Bonchev–Trinajstić information content (AvgIpc) is 2.66. The topological polar surface area (TPSA) is 48.0 Å². The van der Waals surface area contributed by atoms with E-state index >= 15 is 0 Å². The second kappa shape index (κ2) is 8.97. The summed E-state index contributed by atoms with van der Waals surface area (Å²) < 4.78 is 15.8. The largest absolute Gasteiger partial charge is 0.497 e. The third kappa shape index (κ3) is 4.89. The summed E-state index contributed by atoms with van der Waals surface area (Å²) in [6, 6.07) is 13.2. The average molecular weight is 343 g/mol. The molecule has 0 fully saturated rings. The molecule has 5 nitrogen and oxygen atoms in total. The van der Waals surface area contributed by atoms with E-state index in [0.717, 1.165) is 16.9 Å². The molecule has 0 aliphatic carbocycles. The van der Waals surface area contributed by atoms with Gasteiger partial charge in [0.05, 0.1) is 27.8 Å². The number of hydrogen-bond acceptors (Lipinski definition) is 4. The summed E-state index contributed by atoms with van der Waals surface area (Å²) in [7, 11) is 4.85. The molecule has 0 saturated heterocycles. The lowest BCUT2D eigenvalue weighted by Gasteiger charge is -2.22. The molecule has 134 valence electrons. The van der Waals surface area contributed by atoms with Crippen molar-refractivity contribution in [3.8, 4) is 17.2 Å². The van der Waals surface area contributed by atoms with Crippen LogP contribution in [-0.4, -0.2) is 38.7 Å². The van der Waals surface area contributed by atoms with Gasteiger partial charge in [0, 0.05) is 18.7 Å². The van der Waals surface area contributed by atoms with Gasteiger partial charge in [0.15, 0.2) is 0 Å². The lowest BCUT2D eigenvalue weighted by atomic mass is 10.1. The van der Waals surface area contributed by atoms with Crippen LogP contribution in [0.3, 0.4) is 0 Å². The van der Waals surface area contributed by atoms with Crippen LogP contribution in [0.4, 0.5) is 0 Å². The molecule has 0 unspecified atom stereocenters. The number of amides is 1. The Kier molecular flexibility index (Phi) is 6.69. The number of nitrogens with zero attached hydrogens (tertiary/aromatic N) is 1. The van der Waals surface area contributed by atoms with Crippen LogP contribution in [0.25, 0.3) is 0 Å². The van der Waals surface area contributed by atoms with Crippen molar-refractivity contribution < 1.29 is 19.0 Å². The summed E-state index contributed by atoms with van der Waals surface area (Å²) in [5.74, 6) is 2.25. The van der Waals surface area contributed by atoms with E-state index in [2.05, 4.69) is 0 Å². The van der Waals surface area contributed by atoms with Crippen LogP contribution in [0.1, 0.15) is 18.1 Å². The summed E-state index contributed by atoms with van der Waals surface area (Å²) in [6.07, 6.45) is 0.268. The van der Waals surface area contributed by atoms with Gasteiger partial charge in [-0.3, -0.25) is 4.79 Å². The molecule has 0 radical (unpaired) electrons. The maximum atomic E-state index is 12.7. The number of ether oxygens (including phenoxy) is 3. The second-order valence-electron chi connectivity index (χ2n) is 5.61. The summed E-state index contributed by atoms with van der Waals surface area (Å²) in [5.41, 5.74) is 1.88. The van der Waals surface area contributed by atoms with Crippen molar-refractivity contribution in [3.63, 3.8) is 0 Å². The maximum Gasteiger partial charge on any atom is 0.227 e. The van der Waals surface area contributed by atoms with Crippen molar-refractivity contribution in [1.29, 1.82) is 0 Å². The van der Waals surface area contributed by atoms with Crippen molar-refractivity contribution in [2.24, 2.45) is 0 Å². The smallest absolute Gasteiger partial charge is 0.227 e. The molecule has 5 heteroatoms. The van der Waals surface area contributed by atoms with E-state index in [1.54, 1.807) is 21.3 Å². The molecular formula is C20H25NO4. The lowest BCUT2D eigenvalue weighted by Crippen LogP contribution is -2.31. The van der Waals surface area contributed by atoms with Crippen molar-refractivity contribution in [2.45, 2.75) is 19.9 Å². The molecule has 2 aromatic carbocycles. The Bertz CT molecular complexity index is 697. The molecule has 2 rings (SSSR count). The highest BCUT2D eigenvalue weighted by Crippen LogP contribution is 2.25. The molecule has 0 aliphatic heterocycles. The highest BCUT2D eigenvalue weighted by atomic mass is 16.5. The molecule has 0 spiro atoms. The number of hydrogen-bond donors (Lipinski definition) is 0. The molecule has 2 aromatic rings. The Morgan fingerprint density at radius 1 is 0.920 bits per heavy atom. The molecule has 0 aliphatic rings. The van der Waals surface area contributed by atoms with E-state index in [9.17, 15) is 4.79 Å².